The van der Waals surface area contributed by atoms with Crippen LogP contribution in [0.1, 0.15) is 58.8 Å². The smallest absolute Gasteiger partial charge is 0.00619 e. The first-order valence-electron chi connectivity index (χ1n) is 6.08. The van der Waals surface area contributed by atoms with E-state index in [-0.39, 0.29) is 0 Å². The maximum Gasteiger partial charge on any atom is 0.00619 e. The zero-order valence-corrected chi connectivity index (χ0v) is 9.97. The second kappa shape index (κ2) is 9.26. The van der Waals surface area contributed by atoms with Gasteiger partial charge in [-0.1, -0.05) is 39.2 Å². The zero-order valence-electron chi connectivity index (χ0n) is 9.97. The molecule has 2 atom stereocenters. The van der Waals surface area contributed by atoms with Crippen LogP contribution in [0.3, 0.4) is 0 Å². The summed E-state index contributed by atoms with van der Waals surface area (Å²) in [6, 6.07) is 0.406. The van der Waals surface area contributed by atoms with E-state index in [1.807, 2.05) is 6.08 Å². The van der Waals surface area contributed by atoms with Gasteiger partial charge in [-0.15, -0.1) is 6.58 Å². The van der Waals surface area contributed by atoms with Gasteiger partial charge in [0.25, 0.3) is 0 Å². The van der Waals surface area contributed by atoms with Gasteiger partial charge in [-0.05, 0) is 31.6 Å². The van der Waals surface area contributed by atoms with Crippen molar-refractivity contribution in [2.45, 2.75) is 64.8 Å². The molecule has 1 nitrogen and oxygen atoms in total. The van der Waals surface area contributed by atoms with Crippen molar-refractivity contribution in [1.29, 1.82) is 0 Å². The van der Waals surface area contributed by atoms with Crippen LogP contribution in [0, 0.1) is 5.92 Å². The van der Waals surface area contributed by atoms with Gasteiger partial charge in [-0.2, -0.15) is 0 Å². The third-order valence-electron chi connectivity index (χ3n) is 3.02. The van der Waals surface area contributed by atoms with Gasteiger partial charge < -0.3 is 5.73 Å². The molecule has 0 aromatic carbocycles. The summed E-state index contributed by atoms with van der Waals surface area (Å²) in [4.78, 5) is 0. The summed E-state index contributed by atoms with van der Waals surface area (Å²) in [6.45, 7) is 8.17. The van der Waals surface area contributed by atoms with Crippen LogP contribution in [0.15, 0.2) is 12.7 Å². The molecule has 0 aliphatic heterocycles. The lowest BCUT2D eigenvalue weighted by Crippen LogP contribution is -2.27. The zero-order chi connectivity index (χ0) is 10.8. The lowest BCUT2D eigenvalue weighted by atomic mass is 9.94. The Hall–Kier alpha value is -0.300. The SMILES string of the molecule is C=CCCCCCCC(C)C(N)CC. The fourth-order valence-electron chi connectivity index (χ4n) is 1.72. The second-order valence-electron chi connectivity index (χ2n) is 4.33. The summed E-state index contributed by atoms with van der Waals surface area (Å²) in [5.74, 6) is 0.694. The van der Waals surface area contributed by atoms with E-state index >= 15 is 0 Å². The van der Waals surface area contributed by atoms with Crippen LogP contribution in [0.25, 0.3) is 0 Å². The molecule has 0 heterocycles. The Kier molecular flexibility index (Phi) is 9.06. The van der Waals surface area contributed by atoms with Gasteiger partial charge in [0.05, 0.1) is 0 Å². The summed E-state index contributed by atoms with van der Waals surface area (Å²) in [6.07, 6.45) is 10.9. The van der Waals surface area contributed by atoms with E-state index in [2.05, 4.69) is 20.4 Å². The van der Waals surface area contributed by atoms with Gasteiger partial charge >= 0.3 is 0 Å². The quantitative estimate of drug-likeness (QED) is 0.440. The standard InChI is InChI=1S/C13H27N/c1-4-6-7-8-9-10-11-12(3)13(14)5-2/h4,12-13H,1,5-11,14H2,2-3H3. The van der Waals surface area contributed by atoms with Crippen LogP contribution in [0.2, 0.25) is 0 Å². The molecule has 0 radical (unpaired) electrons. The van der Waals surface area contributed by atoms with E-state index in [9.17, 15) is 0 Å². The van der Waals surface area contributed by atoms with Crippen molar-refractivity contribution in [1.82, 2.24) is 0 Å². The summed E-state index contributed by atoms with van der Waals surface area (Å²) in [7, 11) is 0. The van der Waals surface area contributed by atoms with E-state index in [4.69, 9.17) is 5.73 Å². The minimum atomic E-state index is 0.406. The minimum absolute atomic E-state index is 0.406. The number of hydrogen-bond acceptors (Lipinski definition) is 1. The van der Waals surface area contributed by atoms with E-state index in [0.29, 0.717) is 12.0 Å². The van der Waals surface area contributed by atoms with Crippen LogP contribution in [0.5, 0.6) is 0 Å². The van der Waals surface area contributed by atoms with Crippen molar-refractivity contribution < 1.29 is 0 Å². The van der Waals surface area contributed by atoms with Crippen molar-refractivity contribution in [3.63, 3.8) is 0 Å². The fourth-order valence-corrected chi connectivity index (χ4v) is 1.72. The van der Waals surface area contributed by atoms with Crippen molar-refractivity contribution >= 4 is 0 Å². The Morgan fingerprint density at radius 2 is 1.86 bits per heavy atom. The molecule has 0 aromatic heterocycles. The minimum Gasteiger partial charge on any atom is -0.327 e. The van der Waals surface area contributed by atoms with Crippen molar-refractivity contribution in [3.05, 3.63) is 12.7 Å². The molecule has 0 saturated heterocycles. The maximum atomic E-state index is 5.97. The number of unbranched alkanes of at least 4 members (excludes halogenated alkanes) is 4. The number of allylic oxidation sites excluding steroid dienone is 1. The summed E-state index contributed by atoms with van der Waals surface area (Å²) in [5, 5.41) is 0. The summed E-state index contributed by atoms with van der Waals surface area (Å²) >= 11 is 0. The molecule has 0 spiro atoms. The van der Waals surface area contributed by atoms with Gasteiger partial charge in [0.15, 0.2) is 0 Å². The second-order valence-corrected chi connectivity index (χ2v) is 4.33. The molecule has 2 unspecified atom stereocenters. The van der Waals surface area contributed by atoms with Crippen molar-refractivity contribution in [2.75, 3.05) is 0 Å². The third kappa shape index (κ3) is 7.14. The highest BCUT2D eigenvalue weighted by Crippen LogP contribution is 2.14. The van der Waals surface area contributed by atoms with Crippen LogP contribution in [-0.2, 0) is 0 Å². The predicted molar refractivity (Wildman–Crippen MR) is 65.3 cm³/mol. The molecule has 0 aliphatic carbocycles. The van der Waals surface area contributed by atoms with E-state index < -0.39 is 0 Å². The highest BCUT2D eigenvalue weighted by Gasteiger charge is 2.09. The molecule has 0 aromatic rings. The lowest BCUT2D eigenvalue weighted by Gasteiger charge is -2.17. The van der Waals surface area contributed by atoms with Gasteiger partial charge in [-0.25, -0.2) is 0 Å². The van der Waals surface area contributed by atoms with E-state index in [1.165, 1.54) is 38.5 Å². The fraction of sp³-hybridized carbons (Fsp3) is 0.846. The Morgan fingerprint density at radius 3 is 2.43 bits per heavy atom. The first kappa shape index (κ1) is 13.7. The van der Waals surface area contributed by atoms with Crippen LogP contribution < -0.4 is 5.73 Å². The Morgan fingerprint density at radius 1 is 1.21 bits per heavy atom. The normalized spacial score (nSPS) is 15.1. The van der Waals surface area contributed by atoms with Gasteiger partial charge in [0, 0.05) is 6.04 Å². The monoisotopic (exact) mass is 197 g/mol. The summed E-state index contributed by atoms with van der Waals surface area (Å²) in [5.41, 5.74) is 5.97. The highest BCUT2D eigenvalue weighted by atomic mass is 14.6. The molecule has 84 valence electrons. The molecular formula is C13H27N. The molecule has 0 fully saturated rings. The first-order valence-corrected chi connectivity index (χ1v) is 6.08. The van der Waals surface area contributed by atoms with Gasteiger partial charge in [0.2, 0.25) is 0 Å². The molecule has 0 aliphatic rings. The molecular weight excluding hydrogens is 170 g/mol. The topological polar surface area (TPSA) is 26.0 Å². The van der Waals surface area contributed by atoms with Crippen LogP contribution in [0.4, 0.5) is 0 Å². The van der Waals surface area contributed by atoms with Crippen LogP contribution in [-0.4, -0.2) is 6.04 Å². The van der Waals surface area contributed by atoms with E-state index in [1.54, 1.807) is 0 Å². The van der Waals surface area contributed by atoms with Crippen molar-refractivity contribution in [2.24, 2.45) is 11.7 Å². The molecule has 0 bridgehead atoms. The summed E-state index contributed by atoms with van der Waals surface area (Å²) < 4.78 is 0. The largest absolute Gasteiger partial charge is 0.327 e. The Bertz CT molecular complexity index is 131. The Balaban J connectivity index is 3.22. The Labute approximate surface area is 89.8 Å². The third-order valence-corrected chi connectivity index (χ3v) is 3.02. The molecule has 2 N–H and O–H groups in total. The highest BCUT2D eigenvalue weighted by molar-refractivity contribution is 4.68. The molecule has 0 rings (SSSR count). The molecule has 1 heteroatoms. The molecule has 0 amide bonds. The lowest BCUT2D eigenvalue weighted by molar-refractivity contribution is 0.398. The predicted octanol–water partition coefficient (Wildman–Crippen LogP) is 3.89. The molecule has 14 heavy (non-hydrogen) atoms. The van der Waals surface area contributed by atoms with Crippen LogP contribution >= 0.6 is 0 Å². The molecule has 0 saturated carbocycles. The van der Waals surface area contributed by atoms with E-state index in [0.717, 1.165) is 6.42 Å². The number of rotatable bonds is 9. The average Bonchev–Trinajstić information content (AvgIpc) is 2.21. The average molecular weight is 197 g/mol. The first-order chi connectivity index (χ1) is 6.72. The number of nitrogens with two attached hydrogens (primary N) is 1. The van der Waals surface area contributed by atoms with Gasteiger partial charge in [0.1, 0.15) is 0 Å². The van der Waals surface area contributed by atoms with Crippen molar-refractivity contribution in [3.8, 4) is 0 Å². The maximum absolute atomic E-state index is 5.97. The number of hydrogen-bond donors (Lipinski definition) is 1. The van der Waals surface area contributed by atoms with Gasteiger partial charge in [-0.3, -0.25) is 0 Å².